The molecular weight excluding hydrogens is 365 g/mol. The molecule has 1 unspecified atom stereocenters. The highest BCUT2D eigenvalue weighted by molar-refractivity contribution is 5.73. The lowest BCUT2D eigenvalue weighted by atomic mass is 9.78. The van der Waals surface area contributed by atoms with Crippen LogP contribution in [0.5, 0.6) is 0 Å². The summed E-state index contributed by atoms with van der Waals surface area (Å²) >= 11 is 0. The molecule has 0 fully saturated rings. The normalized spacial score (nSPS) is 23.6. The molecule has 2 aliphatic carbocycles. The molecule has 1 aromatic rings. The molecule has 0 spiro atoms. The molecule has 2 N–H and O–H groups in total. The third-order valence-corrected chi connectivity index (χ3v) is 6.21. The molecule has 1 aromatic carbocycles. The molecule has 0 radical (unpaired) electrons. The Hall–Kier alpha value is -2.82. The van der Waals surface area contributed by atoms with E-state index in [-0.39, 0.29) is 17.8 Å². The van der Waals surface area contributed by atoms with Gasteiger partial charge in [0, 0.05) is 30.7 Å². The second-order valence-corrected chi connectivity index (χ2v) is 8.17. The maximum absolute atomic E-state index is 13.3. The van der Waals surface area contributed by atoms with Crippen molar-refractivity contribution in [3.63, 3.8) is 0 Å². The number of hydrogen-bond donors (Lipinski definition) is 2. The van der Waals surface area contributed by atoms with E-state index in [4.69, 9.17) is 0 Å². The van der Waals surface area contributed by atoms with Crippen LogP contribution in [0.2, 0.25) is 0 Å². The predicted octanol–water partition coefficient (Wildman–Crippen LogP) is 4.75. The number of carbonyl (C=O) groups is 1. The zero-order chi connectivity index (χ0) is 20.5. The van der Waals surface area contributed by atoms with Gasteiger partial charge in [-0.05, 0) is 67.5 Å². The van der Waals surface area contributed by atoms with E-state index in [1.807, 2.05) is 11.1 Å². The third-order valence-electron chi connectivity index (χ3n) is 6.21. The van der Waals surface area contributed by atoms with Crippen LogP contribution in [0.1, 0.15) is 39.5 Å². The number of anilines is 1. The van der Waals surface area contributed by atoms with Gasteiger partial charge in [-0.15, -0.1) is 6.58 Å². The van der Waals surface area contributed by atoms with Crippen LogP contribution in [-0.4, -0.2) is 11.9 Å². The first-order valence-corrected chi connectivity index (χ1v) is 10.3. The second kappa shape index (κ2) is 7.90. The van der Waals surface area contributed by atoms with Crippen molar-refractivity contribution < 1.29 is 9.18 Å². The van der Waals surface area contributed by atoms with E-state index in [1.165, 1.54) is 28.9 Å². The highest BCUT2D eigenvalue weighted by atomic mass is 19.1. The molecule has 29 heavy (non-hydrogen) atoms. The number of halogens is 1. The minimum Gasteiger partial charge on any atom is -0.353 e. The average Bonchev–Trinajstić information content (AvgIpc) is 3.27. The summed E-state index contributed by atoms with van der Waals surface area (Å²) in [5, 5.41) is 5.11. The maximum Gasteiger partial charge on any atom is 0.217 e. The highest BCUT2D eigenvalue weighted by Gasteiger charge is 2.38. The first-order valence-electron chi connectivity index (χ1n) is 10.3. The van der Waals surface area contributed by atoms with E-state index in [9.17, 15) is 9.18 Å². The molecule has 3 aliphatic rings. The van der Waals surface area contributed by atoms with Crippen molar-refractivity contribution in [2.24, 2.45) is 11.8 Å². The lowest BCUT2D eigenvalue weighted by molar-refractivity contribution is -0.119. The summed E-state index contributed by atoms with van der Waals surface area (Å²) in [6.07, 6.45) is 10.1. The molecule has 1 aliphatic heterocycles. The monoisotopic (exact) mass is 393 g/mol. The summed E-state index contributed by atoms with van der Waals surface area (Å²) < 4.78 is 13.3. The molecule has 0 saturated carbocycles. The van der Waals surface area contributed by atoms with Crippen molar-refractivity contribution in [2.75, 3.05) is 5.01 Å². The summed E-state index contributed by atoms with van der Waals surface area (Å²) in [6, 6.07) is 6.68. The average molecular weight is 394 g/mol. The van der Waals surface area contributed by atoms with Gasteiger partial charge in [0.1, 0.15) is 5.82 Å². The first kappa shape index (κ1) is 19.5. The van der Waals surface area contributed by atoms with Gasteiger partial charge in [-0.25, -0.2) is 4.39 Å². The number of rotatable bonds is 6. The van der Waals surface area contributed by atoms with Crippen LogP contribution in [0.15, 0.2) is 71.6 Å². The summed E-state index contributed by atoms with van der Waals surface area (Å²) in [5.74, 6) is 0.567. The van der Waals surface area contributed by atoms with E-state index in [2.05, 4.69) is 36.5 Å². The van der Waals surface area contributed by atoms with Gasteiger partial charge < -0.3 is 10.7 Å². The van der Waals surface area contributed by atoms with Gasteiger partial charge in [-0.1, -0.05) is 18.6 Å². The number of allylic oxidation sites excluding steroid dienone is 4. The van der Waals surface area contributed by atoms with Gasteiger partial charge in [0.25, 0.3) is 0 Å². The SMILES string of the molecule is C=CCC(C[C@H]1CCC2=C1[C@@H](C)C1=CNN(c3ccc(F)cc3)C1=C2)NC(C)=O. The van der Waals surface area contributed by atoms with E-state index in [1.54, 1.807) is 19.1 Å². The Bertz CT molecular complexity index is 913. The molecule has 1 amide bonds. The van der Waals surface area contributed by atoms with Crippen LogP contribution in [0.25, 0.3) is 0 Å². The number of fused-ring (bicyclic) bond motifs is 1. The summed E-state index contributed by atoms with van der Waals surface area (Å²) in [7, 11) is 0. The Morgan fingerprint density at radius 3 is 2.86 bits per heavy atom. The fraction of sp³-hybridized carbons (Fsp3) is 0.375. The van der Waals surface area contributed by atoms with Crippen molar-refractivity contribution >= 4 is 11.6 Å². The largest absolute Gasteiger partial charge is 0.353 e. The Kier molecular flexibility index (Phi) is 5.31. The summed E-state index contributed by atoms with van der Waals surface area (Å²) in [4.78, 5) is 11.6. The van der Waals surface area contributed by atoms with Crippen molar-refractivity contribution in [2.45, 2.75) is 45.6 Å². The minimum absolute atomic E-state index is 0.0144. The molecule has 152 valence electrons. The third kappa shape index (κ3) is 3.74. The molecule has 4 rings (SSSR count). The zero-order valence-corrected chi connectivity index (χ0v) is 17.0. The topological polar surface area (TPSA) is 44.4 Å². The Morgan fingerprint density at radius 1 is 1.41 bits per heavy atom. The molecule has 0 bridgehead atoms. The number of amides is 1. The van der Waals surface area contributed by atoms with E-state index in [0.717, 1.165) is 37.1 Å². The number of hydrogen-bond acceptors (Lipinski definition) is 3. The Labute approximate surface area is 171 Å². The quantitative estimate of drug-likeness (QED) is 0.686. The molecule has 3 atom stereocenters. The van der Waals surface area contributed by atoms with Crippen LogP contribution in [0, 0.1) is 17.7 Å². The lowest BCUT2D eigenvalue weighted by Crippen LogP contribution is -2.35. The fourth-order valence-electron chi connectivity index (χ4n) is 5.01. The predicted molar refractivity (Wildman–Crippen MR) is 114 cm³/mol. The Balaban J connectivity index is 1.59. The van der Waals surface area contributed by atoms with Crippen molar-refractivity contribution in [1.82, 2.24) is 10.7 Å². The molecule has 0 saturated heterocycles. The summed E-state index contributed by atoms with van der Waals surface area (Å²) in [6.45, 7) is 7.69. The number of hydrazine groups is 1. The van der Waals surface area contributed by atoms with E-state index >= 15 is 0 Å². The van der Waals surface area contributed by atoms with Gasteiger partial charge in [-0.3, -0.25) is 9.80 Å². The smallest absolute Gasteiger partial charge is 0.217 e. The number of carbonyl (C=O) groups excluding carboxylic acids is 1. The van der Waals surface area contributed by atoms with Gasteiger partial charge in [-0.2, -0.15) is 0 Å². The van der Waals surface area contributed by atoms with Crippen molar-refractivity contribution in [1.29, 1.82) is 0 Å². The number of nitrogens with one attached hydrogen (secondary N) is 2. The van der Waals surface area contributed by atoms with Gasteiger partial charge in [0.05, 0.1) is 11.4 Å². The molecule has 0 aromatic heterocycles. The van der Waals surface area contributed by atoms with Crippen molar-refractivity contribution in [3.8, 4) is 0 Å². The Morgan fingerprint density at radius 2 is 2.17 bits per heavy atom. The number of nitrogens with zero attached hydrogens (tertiary/aromatic N) is 1. The van der Waals surface area contributed by atoms with Crippen LogP contribution in [0.3, 0.4) is 0 Å². The maximum atomic E-state index is 13.3. The van der Waals surface area contributed by atoms with Crippen LogP contribution in [0.4, 0.5) is 10.1 Å². The van der Waals surface area contributed by atoms with Gasteiger partial charge in [0.15, 0.2) is 0 Å². The second-order valence-electron chi connectivity index (χ2n) is 8.17. The van der Waals surface area contributed by atoms with Crippen LogP contribution < -0.4 is 15.8 Å². The standard InChI is InChI=1S/C24H28FN3O/c1-4-5-20(27-16(3)29)12-17-6-7-18-13-23-22(15(2)24(17)18)14-26-28(23)21-10-8-19(25)9-11-21/h4,8-11,13-15,17,20,26H,1,5-7,12H2,2-3H3,(H,27,29)/t15-,17+,20?/m0/s1. The molecule has 4 nitrogen and oxygen atoms in total. The van der Waals surface area contributed by atoms with E-state index in [0.29, 0.717) is 11.8 Å². The van der Waals surface area contributed by atoms with Crippen LogP contribution in [-0.2, 0) is 4.79 Å². The van der Waals surface area contributed by atoms with Crippen molar-refractivity contribution in [3.05, 3.63) is 77.4 Å². The lowest BCUT2D eigenvalue weighted by Gasteiger charge is -2.31. The van der Waals surface area contributed by atoms with Crippen LogP contribution >= 0.6 is 0 Å². The highest BCUT2D eigenvalue weighted by Crippen LogP contribution is 2.49. The molecule has 1 heterocycles. The molecule has 5 heteroatoms. The fourth-order valence-corrected chi connectivity index (χ4v) is 5.01. The zero-order valence-electron chi connectivity index (χ0n) is 17.0. The first-order chi connectivity index (χ1) is 14.0. The molecular formula is C24H28FN3O. The summed E-state index contributed by atoms with van der Waals surface area (Å²) in [5.41, 5.74) is 9.58. The van der Waals surface area contributed by atoms with E-state index < -0.39 is 0 Å². The van der Waals surface area contributed by atoms with Gasteiger partial charge >= 0.3 is 0 Å². The van der Waals surface area contributed by atoms with Gasteiger partial charge in [0.2, 0.25) is 5.91 Å². The number of benzene rings is 1. The minimum atomic E-state index is -0.232.